The summed E-state index contributed by atoms with van der Waals surface area (Å²) in [5.74, 6) is 1.29. The number of piperidine rings is 1. The van der Waals surface area contributed by atoms with Gasteiger partial charge in [0.25, 0.3) is 0 Å². The number of fused-ring (bicyclic) bond motifs is 1. The Bertz CT molecular complexity index is 629. The summed E-state index contributed by atoms with van der Waals surface area (Å²) in [5, 5.41) is 4.89. The minimum atomic E-state index is -0.408. The van der Waals surface area contributed by atoms with Crippen molar-refractivity contribution >= 4 is 22.8 Å². The molecule has 0 atom stereocenters. The monoisotopic (exact) mass is 274 g/mol. The van der Waals surface area contributed by atoms with Crippen LogP contribution in [-0.4, -0.2) is 34.0 Å². The highest BCUT2D eigenvalue weighted by atomic mass is 16.7. The number of rotatable bonds is 2. The molecule has 6 heteroatoms. The first kappa shape index (κ1) is 12.9. The maximum Gasteiger partial charge on any atom is 0.332 e. The Labute approximate surface area is 117 Å². The van der Waals surface area contributed by atoms with E-state index in [1.54, 1.807) is 6.20 Å². The van der Waals surface area contributed by atoms with Crippen molar-refractivity contribution in [3.05, 3.63) is 18.3 Å². The van der Waals surface area contributed by atoms with Crippen molar-refractivity contribution in [2.45, 2.75) is 26.7 Å². The molecular weight excluding hydrogens is 256 g/mol. The zero-order valence-corrected chi connectivity index (χ0v) is 11.7. The molecule has 0 aromatic carbocycles. The van der Waals surface area contributed by atoms with Crippen molar-refractivity contribution in [3.8, 4) is 0 Å². The van der Waals surface area contributed by atoms with Gasteiger partial charge in [-0.25, -0.2) is 9.78 Å². The molecule has 1 aliphatic heterocycles. The molecule has 1 saturated heterocycles. The van der Waals surface area contributed by atoms with Crippen molar-refractivity contribution < 1.29 is 9.63 Å². The molecule has 3 rings (SSSR count). The zero-order chi connectivity index (χ0) is 14.1. The molecule has 6 nitrogen and oxygen atoms in total. The molecule has 3 heterocycles. The number of aromatic nitrogens is 3. The number of nitrogens with zero attached hydrogens (tertiary/aromatic N) is 4. The average molecular weight is 274 g/mol. The van der Waals surface area contributed by atoms with E-state index in [2.05, 4.69) is 21.9 Å². The lowest BCUT2D eigenvalue weighted by atomic mass is 9.99. The summed E-state index contributed by atoms with van der Waals surface area (Å²) >= 11 is 0. The van der Waals surface area contributed by atoms with Crippen molar-refractivity contribution in [3.63, 3.8) is 0 Å². The smallest absolute Gasteiger partial charge is 0.332 e. The van der Waals surface area contributed by atoms with Gasteiger partial charge in [0.05, 0.1) is 6.20 Å². The first-order chi connectivity index (χ1) is 9.63. The SMILES string of the molecule is CC(=O)On1ncc2ccc(N3CCC(C)CC3)nc21. The Balaban J connectivity index is 1.90. The fraction of sp³-hybridized carbons (Fsp3) is 0.500. The molecule has 0 bridgehead atoms. The highest BCUT2D eigenvalue weighted by Gasteiger charge is 2.18. The third-order valence-corrected chi connectivity index (χ3v) is 3.70. The van der Waals surface area contributed by atoms with E-state index in [-0.39, 0.29) is 0 Å². The molecule has 0 aliphatic carbocycles. The van der Waals surface area contributed by atoms with Crippen LogP contribution in [0.25, 0.3) is 11.0 Å². The second-order valence-corrected chi connectivity index (χ2v) is 5.35. The van der Waals surface area contributed by atoms with E-state index in [1.807, 2.05) is 12.1 Å². The van der Waals surface area contributed by atoms with Crippen LogP contribution in [0.2, 0.25) is 0 Å². The molecule has 0 radical (unpaired) electrons. The normalized spacial score (nSPS) is 16.6. The summed E-state index contributed by atoms with van der Waals surface area (Å²) in [7, 11) is 0. The van der Waals surface area contributed by atoms with Gasteiger partial charge in [-0.1, -0.05) is 11.8 Å². The van der Waals surface area contributed by atoms with Crippen LogP contribution in [-0.2, 0) is 4.79 Å². The van der Waals surface area contributed by atoms with E-state index in [4.69, 9.17) is 4.84 Å². The molecule has 1 fully saturated rings. The molecule has 2 aromatic heterocycles. The van der Waals surface area contributed by atoms with Gasteiger partial charge in [-0.05, 0) is 30.9 Å². The van der Waals surface area contributed by atoms with Gasteiger partial charge in [-0.15, -0.1) is 5.10 Å². The van der Waals surface area contributed by atoms with Crippen LogP contribution < -0.4 is 9.74 Å². The van der Waals surface area contributed by atoms with Crippen molar-refractivity contribution in [2.75, 3.05) is 18.0 Å². The zero-order valence-electron chi connectivity index (χ0n) is 11.7. The maximum absolute atomic E-state index is 11.1. The summed E-state index contributed by atoms with van der Waals surface area (Å²) in [6.07, 6.45) is 4.01. The lowest BCUT2D eigenvalue weighted by Crippen LogP contribution is -2.33. The van der Waals surface area contributed by atoms with Crippen LogP contribution in [0.1, 0.15) is 26.7 Å². The third kappa shape index (κ3) is 2.45. The van der Waals surface area contributed by atoms with Gasteiger partial charge >= 0.3 is 5.97 Å². The minimum Gasteiger partial charge on any atom is -0.357 e. The fourth-order valence-corrected chi connectivity index (χ4v) is 2.47. The number of carbonyl (C=O) groups excluding carboxylic acids is 1. The second-order valence-electron chi connectivity index (χ2n) is 5.35. The molecule has 20 heavy (non-hydrogen) atoms. The van der Waals surface area contributed by atoms with E-state index in [1.165, 1.54) is 24.6 Å². The van der Waals surface area contributed by atoms with E-state index in [0.717, 1.165) is 30.2 Å². The molecule has 0 spiro atoms. The molecule has 106 valence electrons. The average Bonchev–Trinajstić information content (AvgIpc) is 2.81. The summed E-state index contributed by atoms with van der Waals surface area (Å²) < 4.78 is 0. The maximum atomic E-state index is 11.1. The Kier molecular flexibility index (Phi) is 3.30. The Morgan fingerprint density at radius 1 is 1.35 bits per heavy atom. The largest absolute Gasteiger partial charge is 0.357 e. The summed E-state index contributed by atoms with van der Waals surface area (Å²) in [4.78, 5) is 24.1. The van der Waals surface area contributed by atoms with E-state index < -0.39 is 5.97 Å². The van der Waals surface area contributed by atoms with Crippen LogP contribution in [0.5, 0.6) is 0 Å². The van der Waals surface area contributed by atoms with E-state index in [0.29, 0.717) is 5.65 Å². The van der Waals surface area contributed by atoms with E-state index in [9.17, 15) is 4.79 Å². The van der Waals surface area contributed by atoms with Crippen molar-refractivity contribution in [2.24, 2.45) is 5.92 Å². The van der Waals surface area contributed by atoms with Gasteiger partial charge in [-0.3, -0.25) is 0 Å². The summed E-state index contributed by atoms with van der Waals surface area (Å²) in [6.45, 7) is 5.66. The topological polar surface area (TPSA) is 60.3 Å². The minimum absolute atomic E-state index is 0.408. The fourth-order valence-electron chi connectivity index (χ4n) is 2.47. The second kappa shape index (κ2) is 5.11. The number of hydrogen-bond donors (Lipinski definition) is 0. The van der Waals surface area contributed by atoms with Gasteiger partial charge in [0.15, 0.2) is 0 Å². The van der Waals surface area contributed by atoms with Gasteiger partial charge < -0.3 is 9.74 Å². The van der Waals surface area contributed by atoms with Crippen LogP contribution in [0.3, 0.4) is 0 Å². The molecule has 1 aliphatic rings. The molecule has 0 amide bonds. The van der Waals surface area contributed by atoms with E-state index >= 15 is 0 Å². The summed E-state index contributed by atoms with van der Waals surface area (Å²) in [6, 6.07) is 3.96. The first-order valence-electron chi connectivity index (χ1n) is 6.92. The Morgan fingerprint density at radius 2 is 2.10 bits per heavy atom. The summed E-state index contributed by atoms with van der Waals surface area (Å²) in [5.41, 5.74) is 0.580. The van der Waals surface area contributed by atoms with Crippen LogP contribution >= 0.6 is 0 Å². The number of hydrogen-bond acceptors (Lipinski definition) is 5. The molecule has 0 N–H and O–H groups in total. The van der Waals surface area contributed by atoms with Crippen LogP contribution in [0, 0.1) is 5.92 Å². The van der Waals surface area contributed by atoms with Gasteiger partial charge in [-0.2, -0.15) is 0 Å². The van der Waals surface area contributed by atoms with Crippen LogP contribution in [0.4, 0.5) is 5.82 Å². The van der Waals surface area contributed by atoms with Gasteiger partial charge in [0, 0.05) is 25.4 Å². The van der Waals surface area contributed by atoms with Crippen molar-refractivity contribution in [1.29, 1.82) is 0 Å². The van der Waals surface area contributed by atoms with Gasteiger partial charge in [0.1, 0.15) is 5.82 Å². The van der Waals surface area contributed by atoms with Crippen LogP contribution in [0.15, 0.2) is 18.3 Å². The molecule has 0 saturated carbocycles. The number of pyridine rings is 1. The Morgan fingerprint density at radius 3 is 2.80 bits per heavy atom. The lowest BCUT2D eigenvalue weighted by molar-refractivity contribution is -0.142. The third-order valence-electron chi connectivity index (χ3n) is 3.70. The highest BCUT2D eigenvalue weighted by Crippen LogP contribution is 2.23. The molecule has 2 aromatic rings. The number of anilines is 1. The predicted molar refractivity (Wildman–Crippen MR) is 75.4 cm³/mol. The molecular formula is C14H18N4O2. The van der Waals surface area contributed by atoms with Crippen molar-refractivity contribution in [1.82, 2.24) is 14.9 Å². The van der Waals surface area contributed by atoms with Gasteiger partial charge in [0.2, 0.25) is 5.65 Å². The standard InChI is InChI=1S/C14H18N4O2/c1-10-5-7-17(8-6-10)13-4-3-12-9-15-18(14(12)16-13)20-11(2)19/h3-4,9-10H,5-8H2,1-2H3. The molecule has 0 unspecified atom stereocenters. The lowest BCUT2D eigenvalue weighted by Gasteiger charge is -2.31. The predicted octanol–water partition coefficient (Wildman–Crippen LogP) is 1.64. The highest BCUT2D eigenvalue weighted by molar-refractivity contribution is 5.77. The first-order valence-corrected chi connectivity index (χ1v) is 6.92. The quantitative estimate of drug-likeness (QED) is 0.833. The Hall–Kier alpha value is -2.11. The number of carbonyl (C=O) groups is 1.